The van der Waals surface area contributed by atoms with Crippen molar-refractivity contribution in [2.45, 2.75) is 38.9 Å². The van der Waals surface area contributed by atoms with Crippen LogP contribution in [0.4, 0.5) is 17.6 Å². The van der Waals surface area contributed by atoms with Gasteiger partial charge in [-0.05, 0) is 64.1 Å². The zero-order chi connectivity index (χ0) is 39.3. The van der Waals surface area contributed by atoms with Gasteiger partial charge in [-0.15, -0.1) is 22.7 Å². The fourth-order valence-electron chi connectivity index (χ4n) is 8.08. The molecule has 0 radical (unpaired) electrons. The zero-order valence-corrected chi connectivity index (χ0v) is 31.2. The van der Waals surface area contributed by atoms with E-state index in [-0.39, 0.29) is 34.1 Å². The van der Waals surface area contributed by atoms with Gasteiger partial charge in [0.1, 0.15) is 67.4 Å². The summed E-state index contributed by atoms with van der Waals surface area (Å²) in [5.41, 5.74) is -0.492. The van der Waals surface area contributed by atoms with E-state index in [1.165, 1.54) is 34.8 Å². The molecular formula is C42H24F4N2O6S2. The Morgan fingerprint density at radius 1 is 0.589 bits per heavy atom. The van der Waals surface area contributed by atoms with Crippen molar-refractivity contribution >= 4 is 80.3 Å². The molecule has 56 heavy (non-hydrogen) atoms. The quantitative estimate of drug-likeness (QED) is 0.113. The third kappa shape index (κ3) is 4.87. The van der Waals surface area contributed by atoms with Crippen molar-refractivity contribution in [1.29, 1.82) is 0 Å². The number of hydrogen-bond acceptors (Lipinski definition) is 10. The molecule has 4 heterocycles. The number of halogens is 4. The van der Waals surface area contributed by atoms with E-state index < -0.39 is 68.7 Å². The van der Waals surface area contributed by atoms with Crippen molar-refractivity contribution in [2.75, 3.05) is 0 Å². The fourth-order valence-corrected chi connectivity index (χ4v) is 10.5. The number of nitrogens with zero attached hydrogens (tertiary/aromatic N) is 2. The van der Waals surface area contributed by atoms with Gasteiger partial charge in [0.25, 0.3) is 0 Å². The van der Waals surface area contributed by atoms with Crippen LogP contribution in [0.25, 0.3) is 34.4 Å². The lowest BCUT2D eigenvalue weighted by Gasteiger charge is -2.40. The molecule has 10 rings (SSSR count). The smallest absolute Gasteiger partial charge is 0.237 e. The highest BCUT2D eigenvalue weighted by Crippen LogP contribution is 2.54. The summed E-state index contributed by atoms with van der Waals surface area (Å²) in [5, 5.41) is 0.717. The van der Waals surface area contributed by atoms with E-state index in [2.05, 4.69) is 12.2 Å². The number of fused-ring (bicyclic) bond motifs is 9. The average Bonchev–Trinajstić information content (AvgIpc) is 3.86. The number of ketones is 4. The van der Waals surface area contributed by atoms with E-state index >= 15 is 0 Å². The second-order valence-electron chi connectivity index (χ2n) is 15.1. The molecule has 4 aromatic rings. The first kappa shape index (κ1) is 34.6. The molecule has 0 spiro atoms. The van der Waals surface area contributed by atoms with Gasteiger partial charge < -0.3 is 9.47 Å². The standard InChI is InChI=1S/C42H24F4N2O6S2/c1-41(2)39-37(55-29(47-39)13-21-19-9-17(43)11-25(45)31(19)35(51)33(21)49)23-5-16-8-28-24(6-15(16)7-27(23)53-41)38-40(42(3,4)54-28)48-30(56-38)14-22-20-10-18(44)12-26(46)32(20)36(52)34(22)50/h5-16H,1-4H3/b21-13-,22-14-. The van der Waals surface area contributed by atoms with E-state index in [1.807, 2.05) is 39.8 Å². The second kappa shape index (κ2) is 11.4. The SMILES string of the molecule is CC1(C)OC2=CC3C=C4C(=CC3C=C2c2sc(/C=C3\C(=O)C(=O)c5c(F)cc(F)cc53)nc21)OC(C)(C)c1nc(/C=C2\C(=O)C(=O)c3c(F)cc(F)cc32)sc14. The van der Waals surface area contributed by atoms with E-state index in [0.29, 0.717) is 45.1 Å². The number of ether oxygens (including phenoxy) is 2. The number of allylic oxidation sites excluding steroid dienone is 8. The highest BCUT2D eigenvalue weighted by Gasteiger charge is 2.45. The van der Waals surface area contributed by atoms with Crippen molar-refractivity contribution in [3.63, 3.8) is 0 Å². The van der Waals surface area contributed by atoms with Crippen molar-refractivity contribution in [2.24, 2.45) is 11.8 Å². The van der Waals surface area contributed by atoms with Crippen molar-refractivity contribution in [1.82, 2.24) is 9.97 Å². The first-order valence-corrected chi connectivity index (χ1v) is 19.0. The molecule has 2 unspecified atom stereocenters. The Kier molecular flexibility index (Phi) is 7.02. The van der Waals surface area contributed by atoms with Crippen LogP contribution in [0.3, 0.4) is 0 Å². The molecule has 2 aliphatic heterocycles. The predicted octanol–water partition coefficient (Wildman–Crippen LogP) is 8.79. The van der Waals surface area contributed by atoms with Gasteiger partial charge in [0, 0.05) is 57.4 Å². The lowest BCUT2D eigenvalue weighted by molar-refractivity contribution is -0.110. The molecule has 2 atom stereocenters. The summed E-state index contributed by atoms with van der Waals surface area (Å²) in [6.45, 7) is 7.42. The molecule has 6 aliphatic rings. The minimum Gasteiger partial charge on any atom is -0.481 e. The van der Waals surface area contributed by atoms with Crippen molar-refractivity contribution < 1.29 is 46.2 Å². The maximum Gasteiger partial charge on any atom is 0.237 e. The minimum atomic E-state index is -1.10. The van der Waals surface area contributed by atoms with E-state index in [1.54, 1.807) is 0 Å². The first-order valence-electron chi connectivity index (χ1n) is 17.4. The number of Topliss-reactive ketones (excluding diaryl/α,β-unsaturated/α-hetero) is 4. The maximum atomic E-state index is 14.5. The van der Waals surface area contributed by atoms with Crippen LogP contribution in [0, 0.1) is 35.1 Å². The van der Waals surface area contributed by atoms with Crippen LogP contribution in [0.5, 0.6) is 0 Å². The number of hydrogen-bond donors (Lipinski definition) is 0. The number of rotatable bonds is 2. The van der Waals surface area contributed by atoms with Crippen LogP contribution in [0.15, 0.2) is 60.1 Å². The third-order valence-corrected chi connectivity index (χ3v) is 12.7. The lowest BCUT2D eigenvalue weighted by atomic mass is 9.77. The molecule has 2 aromatic carbocycles. The molecule has 0 fully saturated rings. The van der Waals surface area contributed by atoms with Crippen LogP contribution >= 0.6 is 22.7 Å². The predicted molar refractivity (Wildman–Crippen MR) is 199 cm³/mol. The summed E-state index contributed by atoms with van der Waals surface area (Å²) in [5.74, 6) is -7.12. The van der Waals surface area contributed by atoms with Gasteiger partial charge in [0.15, 0.2) is 0 Å². The highest BCUT2D eigenvalue weighted by atomic mass is 32.1. The molecule has 8 nitrogen and oxygen atoms in total. The van der Waals surface area contributed by atoms with Gasteiger partial charge in [-0.3, -0.25) is 19.2 Å². The number of carbonyl (C=O) groups is 4. The summed E-state index contributed by atoms with van der Waals surface area (Å²) >= 11 is 2.54. The summed E-state index contributed by atoms with van der Waals surface area (Å²) in [6.07, 6.45) is 10.9. The Balaban J connectivity index is 1.02. The van der Waals surface area contributed by atoms with Crippen LogP contribution < -0.4 is 0 Å². The Morgan fingerprint density at radius 2 is 0.982 bits per heavy atom. The van der Waals surface area contributed by atoms with Gasteiger partial charge in [0.2, 0.25) is 23.1 Å². The normalized spacial score (nSPS) is 23.5. The largest absolute Gasteiger partial charge is 0.481 e. The molecular weight excluding hydrogens is 769 g/mol. The zero-order valence-electron chi connectivity index (χ0n) is 29.6. The molecule has 278 valence electrons. The van der Waals surface area contributed by atoms with Gasteiger partial charge in [-0.25, -0.2) is 27.5 Å². The maximum absolute atomic E-state index is 14.5. The molecule has 0 saturated heterocycles. The van der Waals surface area contributed by atoms with Gasteiger partial charge in [-0.1, -0.05) is 12.2 Å². The fraction of sp³-hybridized carbons (Fsp3) is 0.190. The molecule has 0 saturated carbocycles. The topological polar surface area (TPSA) is 113 Å². The lowest BCUT2D eigenvalue weighted by Crippen LogP contribution is -2.32. The van der Waals surface area contributed by atoms with Crippen LogP contribution in [-0.4, -0.2) is 33.1 Å². The minimum absolute atomic E-state index is 0.112. The molecule has 14 heteroatoms. The molecule has 2 aromatic heterocycles. The monoisotopic (exact) mass is 792 g/mol. The Hall–Kier alpha value is -5.86. The van der Waals surface area contributed by atoms with Gasteiger partial charge in [-0.2, -0.15) is 0 Å². The van der Waals surface area contributed by atoms with Gasteiger partial charge >= 0.3 is 0 Å². The summed E-state index contributed by atoms with van der Waals surface area (Å²) in [4.78, 5) is 62.3. The summed E-state index contributed by atoms with van der Waals surface area (Å²) < 4.78 is 70.5. The van der Waals surface area contributed by atoms with E-state index in [9.17, 15) is 36.7 Å². The Bertz CT molecular complexity index is 2660. The van der Waals surface area contributed by atoms with Crippen molar-refractivity contribution in [3.05, 3.63) is 137 Å². The second-order valence-corrected chi connectivity index (χ2v) is 17.2. The number of benzene rings is 2. The number of carbonyl (C=O) groups excluding carboxylic acids is 4. The molecule has 0 amide bonds. The van der Waals surface area contributed by atoms with Crippen LogP contribution in [0.2, 0.25) is 0 Å². The van der Waals surface area contributed by atoms with Crippen LogP contribution in [-0.2, 0) is 30.3 Å². The van der Waals surface area contributed by atoms with Crippen LogP contribution in [0.1, 0.15) is 90.7 Å². The summed E-state index contributed by atoms with van der Waals surface area (Å²) in [7, 11) is 0. The number of thiazole rings is 2. The van der Waals surface area contributed by atoms with E-state index in [4.69, 9.17) is 19.4 Å². The van der Waals surface area contributed by atoms with Gasteiger partial charge in [0.05, 0.1) is 20.9 Å². The molecule has 4 aliphatic carbocycles. The highest BCUT2D eigenvalue weighted by molar-refractivity contribution is 7.14. The van der Waals surface area contributed by atoms with E-state index in [0.717, 1.165) is 33.0 Å². The third-order valence-electron chi connectivity index (χ3n) is 10.6. The summed E-state index contributed by atoms with van der Waals surface area (Å²) in [6, 6.07) is 3.10. The van der Waals surface area contributed by atoms with Crippen molar-refractivity contribution in [3.8, 4) is 0 Å². The Labute approximate surface area is 322 Å². The first-order chi connectivity index (χ1) is 26.5. The Morgan fingerprint density at radius 3 is 1.38 bits per heavy atom. The number of aromatic nitrogens is 2. The molecule has 0 bridgehead atoms. The average molecular weight is 793 g/mol. The molecule has 0 N–H and O–H groups in total.